The minimum Gasteiger partial charge on any atom is -0.341 e. The third-order valence-electron chi connectivity index (χ3n) is 3.03. The average molecular weight is 353 g/mol. The number of nitrogens with zero attached hydrogens (tertiary/aromatic N) is 1. The fourth-order valence-electron chi connectivity index (χ4n) is 1.86. The van der Waals surface area contributed by atoms with Gasteiger partial charge in [-0.1, -0.05) is 51.8 Å². The lowest BCUT2D eigenvalue weighted by molar-refractivity contribution is -0.129. The number of rotatable bonds is 4. The SMILES string of the molecule is CN(Cc1ccc(Br)cc1)C(=O)Cc1ccc(Cl)cc1. The maximum atomic E-state index is 12.2. The highest BCUT2D eigenvalue weighted by atomic mass is 79.9. The summed E-state index contributed by atoms with van der Waals surface area (Å²) >= 11 is 9.23. The molecule has 4 heteroatoms. The van der Waals surface area contributed by atoms with Crippen molar-refractivity contribution in [2.45, 2.75) is 13.0 Å². The van der Waals surface area contributed by atoms with Crippen molar-refractivity contribution in [1.82, 2.24) is 4.90 Å². The van der Waals surface area contributed by atoms with Gasteiger partial charge in [0, 0.05) is 23.1 Å². The van der Waals surface area contributed by atoms with Crippen LogP contribution in [0.25, 0.3) is 0 Å². The summed E-state index contributed by atoms with van der Waals surface area (Å²) < 4.78 is 1.04. The Morgan fingerprint density at radius 2 is 1.60 bits per heavy atom. The van der Waals surface area contributed by atoms with Gasteiger partial charge in [0.2, 0.25) is 5.91 Å². The van der Waals surface area contributed by atoms with Crippen LogP contribution in [0.2, 0.25) is 5.02 Å². The van der Waals surface area contributed by atoms with Crippen LogP contribution in [0.5, 0.6) is 0 Å². The number of amides is 1. The van der Waals surface area contributed by atoms with Gasteiger partial charge in [0.1, 0.15) is 0 Å². The third kappa shape index (κ3) is 4.36. The first-order valence-electron chi connectivity index (χ1n) is 6.27. The third-order valence-corrected chi connectivity index (χ3v) is 3.81. The fourth-order valence-corrected chi connectivity index (χ4v) is 2.25. The number of halogens is 2. The Hall–Kier alpha value is -1.32. The van der Waals surface area contributed by atoms with Crippen molar-refractivity contribution in [3.05, 3.63) is 69.2 Å². The van der Waals surface area contributed by atoms with E-state index in [4.69, 9.17) is 11.6 Å². The van der Waals surface area contributed by atoms with Gasteiger partial charge in [-0.3, -0.25) is 4.79 Å². The lowest BCUT2D eigenvalue weighted by Gasteiger charge is -2.17. The summed E-state index contributed by atoms with van der Waals surface area (Å²) in [6.45, 7) is 0.611. The molecule has 0 fully saturated rings. The maximum Gasteiger partial charge on any atom is 0.227 e. The van der Waals surface area contributed by atoms with E-state index < -0.39 is 0 Å². The van der Waals surface area contributed by atoms with E-state index in [0.717, 1.165) is 15.6 Å². The molecule has 0 spiro atoms. The molecule has 0 radical (unpaired) electrons. The second-order valence-corrected chi connectivity index (χ2v) is 6.03. The van der Waals surface area contributed by atoms with Crippen LogP contribution in [0.3, 0.4) is 0 Å². The molecule has 20 heavy (non-hydrogen) atoms. The number of carbonyl (C=O) groups is 1. The van der Waals surface area contributed by atoms with Crippen molar-refractivity contribution in [2.75, 3.05) is 7.05 Å². The van der Waals surface area contributed by atoms with Gasteiger partial charge in [-0.05, 0) is 35.4 Å². The van der Waals surface area contributed by atoms with Crippen molar-refractivity contribution < 1.29 is 4.79 Å². The number of carbonyl (C=O) groups excluding carboxylic acids is 1. The van der Waals surface area contributed by atoms with Gasteiger partial charge in [0.25, 0.3) is 0 Å². The molecule has 0 aliphatic heterocycles. The van der Waals surface area contributed by atoms with E-state index in [2.05, 4.69) is 15.9 Å². The van der Waals surface area contributed by atoms with Crippen LogP contribution in [0.4, 0.5) is 0 Å². The second kappa shape index (κ2) is 6.91. The van der Waals surface area contributed by atoms with Gasteiger partial charge in [0.05, 0.1) is 6.42 Å². The Morgan fingerprint density at radius 1 is 1.05 bits per heavy atom. The lowest BCUT2D eigenvalue weighted by Crippen LogP contribution is -2.27. The maximum absolute atomic E-state index is 12.2. The first kappa shape index (κ1) is 15.1. The van der Waals surface area contributed by atoms with E-state index in [1.54, 1.807) is 17.0 Å². The number of hydrogen-bond acceptors (Lipinski definition) is 1. The zero-order valence-electron chi connectivity index (χ0n) is 11.1. The standard InChI is InChI=1S/C16H15BrClNO/c1-19(11-13-2-6-14(17)7-3-13)16(20)10-12-4-8-15(18)9-5-12/h2-9H,10-11H2,1H3. The van der Waals surface area contributed by atoms with Crippen molar-refractivity contribution in [1.29, 1.82) is 0 Å². The Bertz CT molecular complexity index is 580. The van der Waals surface area contributed by atoms with Crippen molar-refractivity contribution >= 4 is 33.4 Å². The van der Waals surface area contributed by atoms with Crippen molar-refractivity contribution in [2.24, 2.45) is 0 Å². The molecular weight excluding hydrogens is 338 g/mol. The predicted octanol–water partition coefficient (Wildman–Crippen LogP) is 4.30. The van der Waals surface area contributed by atoms with Crippen LogP contribution in [-0.4, -0.2) is 17.9 Å². The topological polar surface area (TPSA) is 20.3 Å². The average Bonchev–Trinajstić information content (AvgIpc) is 2.44. The van der Waals surface area contributed by atoms with Crippen LogP contribution in [0.15, 0.2) is 53.0 Å². The van der Waals surface area contributed by atoms with Crippen LogP contribution >= 0.6 is 27.5 Å². The summed E-state index contributed by atoms with van der Waals surface area (Å²) in [6.07, 6.45) is 0.393. The first-order valence-corrected chi connectivity index (χ1v) is 7.44. The molecular formula is C16H15BrClNO. The zero-order valence-corrected chi connectivity index (χ0v) is 13.5. The summed E-state index contributed by atoms with van der Waals surface area (Å²) in [6, 6.07) is 15.4. The molecule has 0 unspecified atom stereocenters. The monoisotopic (exact) mass is 351 g/mol. The van der Waals surface area contributed by atoms with Crippen molar-refractivity contribution in [3.63, 3.8) is 0 Å². The van der Waals surface area contributed by atoms with E-state index in [9.17, 15) is 4.79 Å². The minimum atomic E-state index is 0.0928. The predicted molar refractivity (Wildman–Crippen MR) is 85.8 cm³/mol. The van der Waals surface area contributed by atoms with Crippen LogP contribution < -0.4 is 0 Å². The normalized spacial score (nSPS) is 10.3. The summed E-state index contributed by atoms with van der Waals surface area (Å²) in [7, 11) is 1.82. The van der Waals surface area contributed by atoms with Gasteiger partial charge in [-0.25, -0.2) is 0 Å². The fraction of sp³-hybridized carbons (Fsp3) is 0.188. The first-order chi connectivity index (χ1) is 9.54. The molecule has 0 heterocycles. The molecule has 0 atom stereocenters. The van der Waals surface area contributed by atoms with E-state index in [1.807, 2.05) is 43.4 Å². The number of likely N-dealkylation sites (N-methyl/N-ethyl adjacent to an activating group) is 1. The van der Waals surface area contributed by atoms with Crippen LogP contribution in [0, 0.1) is 0 Å². The van der Waals surface area contributed by atoms with E-state index >= 15 is 0 Å². The van der Waals surface area contributed by atoms with Crippen LogP contribution in [-0.2, 0) is 17.8 Å². The molecule has 0 saturated heterocycles. The number of benzene rings is 2. The largest absolute Gasteiger partial charge is 0.341 e. The molecule has 2 rings (SSSR count). The highest BCUT2D eigenvalue weighted by molar-refractivity contribution is 9.10. The molecule has 0 aromatic heterocycles. The molecule has 1 amide bonds. The molecule has 0 aliphatic rings. The highest BCUT2D eigenvalue weighted by Gasteiger charge is 2.10. The zero-order chi connectivity index (χ0) is 14.5. The number of hydrogen-bond donors (Lipinski definition) is 0. The van der Waals surface area contributed by atoms with Crippen molar-refractivity contribution in [3.8, 4) is 0 Å². The van der Waals surface area contributed by atoms with Gasteiger partial charge < -0.3 is 4.90 Å². The minimum absolute atomic E-state index is 0.0928. The second-order valence-electron chi connectivity index (χ2n) is 4.68. The molecule has 0 saturated carbocycles. The Labute approximate surface area is 132 Å². The van der Waals surface area contributed by atoms with Gasteiger partial charge >= 0.3 is 0 Å². The molecule has 2 aromatic carbocycles. The molecule has 0 N–H and O–H groups in total. The summed E-state index contributed by atoms with van der Waals surface area (Å²) in [5.41, 5.74) is 2.09. The van der Waals surface area contributed by atoms with E-state index in [-0.39, 0.29) is 5.91 Å². The Kier molecular flexibility index (Phi) is 5.21. The quantitative estimate of drug-likeness (QED) is 0.803. The molecule has 2 aromatic rings. The van der Waals surface area contributed by atoms with Gasteiger partial charge in [-0.2, -0.15) is 0 Å². The lowest BCUT2D eigenvalue weighted by atomic mass is 10.1. The molecule has 104 valence electrons. The highest BCUT2D eigenvalue weighted by Crippen LogP contribution is 2.13. The van der Waals surface area contributed by atoms with Crippen LogP contribution in [0.1, 0.15) is 11.1 Å². The van der Waals surface area contributed by atoms with Gasteiger partial charge in [0.15, 0.2) is 0 Å². The summed E-state index contributed by atoms with van der Waals surface area (Å²) in [4.78, 5) is 13.9. The molecule has 0 bridgehead atoms. The van der Waals surface area contributed by atoms with E-state index in [1.165, 1.54) is 0 Å². The Morgan fingerprint density at radius 3 is 2.20 bits per heavy atom. The molecule has 0 aliphatic carbocycles. The summed E-state index contributed by atoms with van der Waals surface area (Å²) in [5.74, 6) is 0.0928. The summed E-state index contributed by atoms with van der Waals surface area (Å²) in [5, 5.41) is 0.685. The van der Waals surface area contributed by atoms with E-state index in [0.29, 0.717) is 18.0 Å². The smallest absolute Gasteiger partial charge is 0.227 e. The molecule has 2 nitrogen and oxygen atoms in total. The van der Waals surface area contributed by atoms with Gasteiger partial charge in [-0.15, -0.1) is 0 Å². The Balaban J connectivity index is 1.94.